The average Bonchev–Trinajstić information content (AvgIpc) is 3.24. The number of β-amino-alcohol motifs (C(OH)–C–C–N with tert-alkyl or cyclic N) is 1. The highest BCUT2D eigenvalue weighted by atomic mass is 19.1. The van der Waals surface area contributed by atoms with Crippen molar-refractivity contribution < 1.29 is 9.50 Å². The molecule has 1 saturated heterocycles. The molecule has 0 saturated carbocycles. The predicted molar refractivity (Wildman–Crippen MR) is 126 cm³/mol. The van der Waals surface area contributed by atoms with E-state index in [-0.39, 0.29) is 12.4 Å². The predicted octanol–water partition coefficient (Wildman–Crippen LogP) is 4.15. The zero-order chi connectivity index (χ0) is 21.9. The molecule has 1 aliphatic rings. The molecule has 0 atom stereocenters. The normalized spacial score (nSPS) is 15.4. The summed E-state index contributed by atoms with van der Waals surface area (Å²) in [5, 5.41) is 10.1. The van der Waals surface area contributed by atoms with Crippen molar-refractivity contribution in [1.82, 2.24) is 19.8 Å². The van der Waals surface area contributed by atoms with Gasteiger partial charge in [0.1, 0.15) is 11.5 Å². The van der Waals surface area contributed by atoms with Crippen LogP contribution in [0.2, 0.25) is 0 Å². The number of benzene rings is 2. The third kappa shape index (κ3) is 4.43. The molecule has 164 valence electrons. The number of pyridine rings is 1. The van der Waals surface area contributed by atoms with Gasteiger partial charge in [0.15, 0.2) is 0 Å². The Bertz CT molecular complexity index is 1200. The number of aliphatic hydroxyl groups is 1. The Labute approximate surface area is 187 Å². The largest absolute Gasteiger partial charge is 0.395 e. The topological polar surface area (TPSA) is 55.4 Å². The van der Waals surface area contributed by atoms with Crippen LogP contribution in [0.1, 0.15) is 5.56 Å². The molecule has 2 N–H and O–H groups in total. The van der Waals surface area contributed by atoms with Gasteiger partial charge < -0.3 is 10.1 Å². The molecule has 5 nitrogen and oxygen atoms in total. The van der Waals surface area contributed by atoms with Gasteiger partial charge >= 0.3 is 0 Å². The third-order valence-electron chi connectivity index (χ3n) is 6.24. The van der Waals surface area contributed by atoms with E-state index in [0.717, 1.165) is 72.6 Å². The third-order valence-corrected chi connectivity index (χ3v) is 6.24. The zero-order valence-corrected chi connectivity index (χ0v) is 18.0. The van der Waals surface area contributed by atoms with Crippen LogP contribution in [0, 0.1) is 5.82 Å². The summed E-state index contributed by atoms with van der Waals surface area (Å²) in [4.78, 5) is 12.5. The molecule has 0 unspecified atom stereocenters. The minimum atomic E-state index is -0.244. The Morgan fingerprint density at radius 2 is 1.69 bits per heavy atom. The van der Waals surface area contributed by atoms with Crippen LogP contribution < -0.4 is 0 Å². The highest BCUT2D eigenvalue weighted by Gasteiger charge is 2.16. The van der Waals surface area contributed by atoms with Crippen LogP contribution in [0.4, 0.5) is 4.39 Å². The molecule has 0 radical (unpaired) electrons. The number of H-pyrrole nitrogens is 1. The Morgan fingerprint density at radius 1 is 0.906 bits per heavy atom. The lowest BCUT2D eigenvalue weighted by atomic mass is 10.0. The molecule has 3 heterocycles. The molecule has 2 aromatic heterocycles. The number of piperazine rings is 1. The molecule has 2 aromatic carbocycles. The van der Waals surface area contributed by atoms with E-state index in [2.05, 4.69) is 50.1 Å². The van der Waals surface area contributed by atoms with E-state index >= 15 is 0 Å². The van der Waals surface area contributed by atoms with E-state index in [9.17, 15) is 4.39 Å². The quantitative estimate of drug-likeness (QED) is 0.483. The molecule has 0 spiro atoms. The summed E-state index contributed by atoms with van der Waals surface area (Å²) in [6.07, 6.45) is 3.77. The second kappa shape index (κ2) is 9.20. The summed E-state index contributed by atoms with van der Waals surface area (Å²) in [5.74, 6) is -0.244. The van der Waals surface area contributed by atoms with Crippen molar-refractivity contribution >= 4 is 11.0 Å². The standard InChI is InChI=1S/C26H27FN4O/c27-23-3-1-2-21(14-23)25-17-29-26-24(25)15-22(16-28-26)20-6-4-19(5-7-20)18-31-10-8-30(9-11-31)12-13-32/h1-7,14-17,32H,8-13,18H2,(H,28,29). The molecule has 1 fully saturated rings. The van der Waals surface area contributed by atoms with Gasteiger partial charge in [0, 0.05) is 68.2 Å². The second-order valence-corrected chi connectivity index (χ2v) is 8.37. The lowest BCUT2D eigenvalue weighted by Crippen LogP contribution is -2.46. The number of aromatic amines is 1. The van der Waals surface area contributed by atoms with Crippen molar-refractivity contribution in [2.45, 2.75) is 6.54 Å². The fourth-order valence-electron chi connectivity index (χ4n) is 4.43. The number of rotatable bonds is 6. The van der Waals surface area contributed by atoms with E-state index in [1.54, 1.807) is 12.1 Å². The van der Waals surface area contributed by atoms with E-state index in [1.165, 1.54) is 11.6 Å². The smallest absolute Gasteiger partial charge is 0.137 e. The number of aromatic nitrogens is 2. The fourth-order valence-corrected chi connectivity index (χ4v) is 4.43. The number of aliphatic hydroxyl groups excluding tert-OH is 1. The van der Waals surface area contributed by atoms with Crippen LogP contribution in [0.5, 0.6) is 0 Å². The van der Waals surface area contributed by atoms with Gasteiger partial charge in [-0.2, -0.15) is 0 Å². The monoisotopic (exact) mass is 430 g/mol. The Hall–Kier alpha value is -3.06. The summed E-state index contributed by atoms with van der Waals surface area (Å²) in [6.45, 7) is 6.00. The van der Waals surface area contributed by atoms with Crippen molar-refractivity contribution in [3.63, 3.8) is 0 Å². The Kier molecular flexibility index (Phi) is 5.99. The SMILES string of the molecule is OCCN1CCN(Cc2ccc(-c3cnc4[nH]cc(-c5cccc(F)c5)c4c3)cc2)CC1. The highest BCUT2D eigenvalue weighted by molar-refractivity contribution is 5.95. The van der Waals surface area contributed by atoms with Crippen LogP contribution in [-0.2, 0) is 6.54 Å². The number of hydrogen-bond acceptors (Lipinski definition) is 4. The number of nitrogens with one attached hydrogen (secondary N) is 1. The summed E-state index contributed by atoms with van der Waals surface area (Å²) < 4.78 is 13.7. The lowest BCUT2D eigenvalue weighted by Gasteiger charge is -2.34. The van der Waals surface area contributed by atoms with Crippen LogP contribution in [0.25, 0.3) is 33.3 Å². The van der Waals surface area contributed by atoms with Crippen molar-refractivity contribution in [3.8, 4) is 22.3 Å². The first-order valence-electron chi connectivity index (χ1n) is 11.1. The van der Waals surface area contributed by atoms with Crippen LogP contribution in [0.3, 0.4) is 0 Å². The summed E-state index contributed by atoms with van der Waals surface area (Å²) in [5.41, 5.74) is 6.03. The van der Waals surface area contributed by atoms with E-state index < -0.39 is 0 Å². The molecule has 1 aliphatic heterocycles. The highest BCUT2D eigenvalue weighted by Crippen LogP contribution is 2.31. The summed E-state index contributed by atoms with van der Waals surface area (Å²) in [6, 6.07) is 17.4. The maximum atomic E-state index is 13.7. The molecule has 0 bridgehead atoms. The summed E-state index contributed by atoms with van der Waals surface area (Å²) >= 11 is 0. The van der Waals surface area contributed by atoms with Crippen molar-refractivity contribution in [2.24, 2.45) is 0 Å². The van der Waals surface area contributed by atoms with Gasteiger partial charge in [-0.05, 0) is 34.9 Å². The Balaban J connectivity index is 1.33. The van der Waals surface area contributed by atoms with Crippen LogP contribution in [-0.4, -0.2) is 64.2 Å². The molecule has 4 aromatic rings. The number of hydrogen-bond donors (Lipinski definition) is 2. The molecular formula is C26H27FN4O. The van der Waals surface area contributed by atoms with Crippen molar-refractivity contribution in [3.05, 3.63) is 78.4 Å². The van der Waals surface area contributed by atoms with Crippen LogP contribution in [0.15, 0.2) is 67.0 Å². The zero-order valence-electron chi connectivity index (χ0n) is 18.0. The number of fused-ring (bicyclic) bond motifs is 1. The van der Waals surface area contributed by atoms with Crippen molar-refractivity contribution in [2.75, 3.05) is 39.3 Å². The van der Waals surface area contributed by atoms with Gasteiger partial charge in [0.25, 0.3) is 0 Å². The first kappa shape index (κ1) is 20.8. The van der Waals surface area contributed by atoms with Gasteiger partial charge in [-0.3, -0.25) is 9.80 Å². The van der Waals surface area contributed by atoms with E-state index in [4.69, 9.17) is 5.11 Å². The average molecular weight is 431 g/mol. The van der Waals surface area contributed by atoms with Crippen molar-refractivity contribution in [1.29, 1.82) is 0 Å². The second-order valence-electron chi connectivity index (χ2n) is 8.37. The molecule has 0 amide bonds. The first-order valence-corrected chi connectivity index (χ1v) is 11.1. The lowest BCUT2D eigenvalue weighted by molar-refractivity contribution is 0.108. The van der Waals surface area contributed by atoms with E-state index in [0.29, 0.717) is 0 Å². The molecule has 0 aliphatic carbocycles. The van der Waals surface area contributed by atoms with Gasteiger partial charge in [0.2, 0.25) is 0 Å². The maximum Gasteiger partial charge on any atom is 0.137 e. The summed E-state index contributed by atoms with van der Waals surface area (Å²) in [7, 11) is 0. The minimum Gasteiger partial charge on any atom is -0.395 e. The van der Waals surface area contributed by atoms with Gasteiger partial charge in [-0.25, -0.2) is 9.37 Å². The van der Waals surface area contributed by atoms with Crippen LogP contribution >= 0.6 is 0 Å². The van der Waals surface area contributed by atoms with E-state index in [1.807, 2.05) is 18.5 Å². The first-order chi connectivity index (χ1) is 15.7. The Morgan fingerprint density at radius 3 is 2.44 bits per heavy atom. The van der Waals surface area contributed by atoms with Gasteiger partial charge in [0.05, 0.1) is 6.61 Å². The molecule has 5 rings (SSSR count). The maximum absolute atomic E-state index is 13.7. The van der Waals surface area contributed by atoms with Gasteiger partial charge in [-0.15, -0.1) is 0 Å². The molecular weight excluding hydrogens is 403 g/mol. The number of nitrogens with zero attached hydrogens (tertiary/aromatic N) is 3. The van der Waals surface area contributed by atoms with Gasteiger partial charge in [-0.1, -0.05) is 36.4 Å². The fraction of sp³-hybridized carbons (Fsp3) is 0.269. The minimum absolute atomic E-state index is 0.231. The molecule has 6 heteroatoms. The number of halogens is 1. The molecule has 32 heavy (non-hydrogen) atoms.